The number of hydrogen-bond donors (Lipinski definition) is 1. The summed E-state index contributed by atoms with van der Waals surface area (Å²) in [5.74, 6) is -0.202. The van der Waals surface area contributed by atoms with Crippen LogP contribution in [0.15, 0.2) is 11.6 Å². The number of anilines is 1. The number of amides is 2. The summed E-state index contributed by atoms with van der Waals surface area (Å²) in [4.78, 5) is 29.6. The molecule has 18 heavy (non-hydrogen) atoms. The van der Waals surface area contributed by atoms with Crippen molar-refractivity contribution in [1.82, 2.24) is 9.88 Å². The molecule has 0 aromatic carbocycles. The van der Waals surface area contributed by atoms with Gasteiger partial charge in [0.2, 0.25) is 5.91 Å². The molecule has 5 nitrogen and oxygen atoms in total. The van der Waals surface area contributed by atoms with E-state index in [1.54, 1.807) is 6.20 Å². The molecule has 1 unspecified atom stereocenters. The molecule has 1 aliphatic heterocycles. The van der Waals surface area contributed by atoms with Crippen LogP contribution in [0.3, 0.4) is 0 Å². The fraction of sp³-hybridized carbons (Fsp3) is 0.583. The van der Waals surface area contributed by atoms with Crippen LogP contribution in [0.2, 0.25) is 0 Å². The number of rotatable bonds is 5. The van der Waals surface area contributed by atoms with Crippen LogP contribution in [0.1, 0.15) is 33.1 Å². The third-order valence-corrected chi connectivity index (χ3v) is 3.92. The summed E-state index contributed by atoms with van der Waals surface area (Å²) in [6, 6.07) is -0.433. The van der Waals surface area contributed by atoms with Crippen LogP contribution >= 0.6 is 11.3 Å². The Morgan fingerprint density at radius 1 is 1.50 bits per heavy atom. The minimum absolute atomic E-state index is 0.0214. The van der Waals surface area contributed by atoms with Gasteiger partial charge in [-0.25, -0.2) is 4.98 Å². The number of carbonyl (C=O) groups is 2. The number of hydrogen-bond acceptors (Lipinski definition) is 5. The summed E-state index contributed by atoms with van der Waals surface area (Å²) in [5, 5.41) is 5.55. The lowest BCUT2D eigenvalue weighted by Crippen LogP contribution is -2.41. The Hall–Kier alpha value is -1.43. The molecule has 1 fully saturated rings. The van der Waals surface area contributed by atoms with Gasteiger partial charge in [-0.05, 0) is 12.8 Å². The fourth-order valence-corrected chi connectivity index (χ4v) is 2.83. The molecule has 0 bridgehead atoms. The van der Waals surface area contributed by atoms with Gasteiger partial charge < -0.3 is 5.32 Å². The van der Waals surface area contributed by atoms with E-state index in [2.05, 4.69) is 10.3 Å². The quantitative estimate of drug-likeness (QED) is 0.827. The van der Waals surface area contributed by atoms with Gasteiger partial charge >= 0.3 is 0 Å². The molecule has 0 radical (unpaired) electrons. The van der Waals surface area contributed by atoms with Gasteiger partial charge in [-0.1, -0.05) is 13.8 Å². The monoisotopic (exact) mass is 267 g/mol. The summed E-state index contributed by atoms with van der Waals surface area (Å²) in [6.45, 7) is 3.99. The first kappa shape index (κ1) is 13.0. The summed E-state index contributed by atoms with van der Waals surface area (Å²) in [6.07, 6.45) is 3.51. The average Bonchev–Trinajstić information content (AvgIpc) is 2.94. The van der Waals surface area contributed by atoms with Gasteiger partial charge in [0.1, 0.15) is 6.04 Å². The van der Waals surface area contributed by atoms with E-state index < -0.39 is 6.04 Å². The minimum atomic E-state index is -0.454. The van der Waals surface area contributed by atoms with Crippen LogP contribution in [0.4, 0.5) is 5.13 Å². The SMILES string of the molecule is CCC(CC)N1C(=O)CC(Nc2nccs2)C1=O. The van der Waals surface area contributed by atoms with Crippen molar-refractivity contribution >= 4 is 28.3 Å². The van der Waals surface area contributed by atoms with Crippen molar-refractivity contribution in [3.05, 3.63) is 11.6 Å². The van der Waals surface area contributed by atoms with E-state index in [1.165, 1.54) is 16.2 Å². The number of aromatic nitrogens is 1. The van der Waals surface area contributed by atoms with Gasteiger partial charge in [0.15, 0.2) is 5.13 Å². The van der Waals surface area contributed by atoms with E-state index >= 15 is 0 Å². The van der Waals surface area contributed by atoms with Gasteiger partial charge in [-0.2, -0.15) is 0 Å². The first-order chi connectivity index (χ1) is 8.67. The second kappa shape index (κ2) is 5.48. The van der Waals surface area contributed by atoms with Crippen LogP contribution in [0.5, 0.6) is 0 Å². The van der Waals surface area contributed by atoms with Crippen LogP contribution in [-0.2, 0) is 9.59 Å². The third-order valence-electron chi connectivity index (χ3n) is 3.22. The highest BCUT2D eigenvalue weighted by atomic mass is 32.1. The number of carbonyl (C=O) groups excluding carboxylic acids is 2. The molecule has 0 saturated carbocycles. The van der Waals surface area contributed by atoms with Crippen molar-refractivity contribution in [3.63, 3.8) is 0 Å². The number of nitrogens with zero attached hydrogens (tertiary/aromatic N) is 2. The third kappa shape index (κ3) is 2.38. The Balaban J connectivity index is 2.09. The van der Waals surface area contributed by atoms with E-state index in [0.717, 1.165) is 12.8 Å². The molecule has 2 heterocycles. The van der Waals surface area contributed by atoms with Gasteiger partial charge in [0.25, 0.3) is 5.91 Å². The van der Waals surface area contributed by atoms with Gasteiger partial charge in [0, 0.05) is 17.6 Å². The Kier molecular flexibility index (Phi) is 3.96. The number of likely N-dealkylation sites (tertiary alicyclic amines) is 1. The zero-order chi connectivity index (χ0) is 13.1. The molecule has 1 atom stereocenters. The predicted molar refractivity (Wildman–Crippen MR) is 70.4 cm³/mol. The lowest BCUT2D eigenvalue weighted by molar-refractivity contribution is -0.141. The Morgan fingerprint density at radius 2 is 2.22 bits per heavy atom. The van der Waals surface area contributed by atoms with Crippen molar-refractivity contribution in [2.75, 3.05) is 5.32 Å². The minimum Gasteiger partial charge on any atom is -0.349 e. The van der Waals surface area contributed by atoms with Crippen LogP contribution in [0.25, 0.3) is 0 Å². The maximum atomic E-state index is 12.2. The molecule has 6 heteroatoms. The van der Waals surface area contributed by atoms with Gasteiger partial charge in [0.05, 0.1) is 6.42 Å². The van der Waals surface area contributed by atoms with E-state index in [0.29, 0.717) is 5.13 Å². The van der Waals surface area contributed by atoms with Crippen LogP contribution in [-0.4, -0.2) is 33.8 Å². The molecule has 1 aromatic heterocycles. The van der Waals surface area contributed by atoms with Crippen LogP contribution < -0.4 is 5.32 Å². The standard InChI is InChI=1S/C12H17N3O2S/c1-3-8(4-2)15-10(16)7-9(11(15)17)14-12-13-5-6-18-12/h5-6,8-9H,3-4,7H2,1-2H3,(H,13,14). The molecule has 0 spiro atoms. The number of thiazole rings is 1. The first-order valence-electron chi connectivity index (χ1n) is 6.19. The van der Waals surface area contributed by atoms with E-state index in [4.69, 9.17) is 0 Å². The molecular formula is C12H17N3O2S. The molecule has 0 aliphatic carbocycles. The molecular weight excluding hydrogens is 250 g/mol. The predicted octanol–water partition coefficient (Wildman–Crippen LogP) is 1.87. The van der Waals surface area contributed by atoms with Crippen molar-refractivity contribution in [2.24, 2.45) is 0 Å². The number of imide groups is 1. The molecule has 1 aliphatic rings. The highest BCUT2D eigenvalue weighted by Gasteiger charge is 2.41. The summed E-state index contributed by atoms with van der Waals surface area (Å²) in [5.41, 5.74) is 0. The topological polar surface area (TPSA) is 62.3 Å². The lowest BCUT2D eigenvalue weighted by atomic mass is 10.1. The van der Waals surface area contributed by atoms with E-state index in [1.807, 2.05) is 19.2 Å². The molecule has 1 N–H and O–H groups in total. The summed E-state index contributed by atoms with van der Waals surface area (Å²) < 4.78 is 0. The van der Waals surface area contributed by atoms with Gasteiger partial charge in [-0.15, -0.1) is 11.3 Å². The fourth-order valence-electron chi connectivity index (χ4n) is 2.25. The van der Waals surface area contributed by atoms with Crippen molar-refractivity contribution in [2.45, 2.75) is 45.2 Å². The Bertz CT molecular complexity index is 429. The summed E-state index contributed by atoms with van der Waals surface area (Å²) in [7, 11) is 0. The molecule has 1 saturated heterocycles. The zero-order valence-electron chi connectivity index (χ0n) is 10.5. The largest absolute Gasteiger partial charge is 0.349 e. The molecule has 2 rings (SSSR count). The first-order valence-corrected chi connectivity index (χ1v) is 7.07. The highest BCUT2D eigenvalue weighted by Crippen LogP contribution is 2.23. The molecule has 1 aromatic rings. The Labute approximate surface area is 110 Å². The average molecular weight is 267 g/mol. The van der Waals surface area contributed by atoms with Crippen molar-refractivity contribution < 1.29 is 9.59 Å². The van der Waals surface area contributed by atoms with E-state index in [9.17, 15) is 9.59 Å². The normalized spacial score (nSPS) is 19.9. The second-order valence-electron chi connectivity index (χ2n) is 4.31. The van der Waals surface area contributed by atoms with Crippen molar-refractivity contribution in [3.8, 4) is 0 Å². The van der Waals surface area contributed by atoms with Crippen molar-refractivity contribution in [1.29, 1.82) is 0 Å². The maximum absolute atomic E-state index is 12.2. The summed E-state index contributed by atoms with van der Waals surface area (Å²) >= 11 is 1.43. The zero-order valence-corrected chi connectivity index (χ0v) is 11.4. The van der Waals surface area contributed by atoms with Crippen LogP contribution in [0, 0.1) is 0 Å². The smallest absolute Gasteiger partial charge is 0.252 e. The highest BCUT2D eigenvalue weighted by molar-refractivity contribution is 7.13. The van der Waals surface area contributed by atoms with E-state index in [-0.39, 0.29) is 24.3 Å². The number of nitrogens with one attached hydrogen (secondary N) is 1. The Morgan fingerprint density at radius 3 is 2.78 bits per heavy atom. The second-order valence-corrected chi connectivity index (χ2v) is 5.21. The molecule has 2 amide bonds. The maximum Gasteiger partial charge on any atom is 0.252 e. The molecule has 98 valence electrons. The lowest BCUT2D eigenvalue weighted by Gasteiger charge is -2.24. The van der Waals surface area contributed by atoms with Gasteiger partial charge in [-0.3, -0.25) is 14.5 Å².